The van der Waals surface area contributed by atoms with Crippen LogP contribution in [-0.2, 0) is 10.1 Å². The van der Waals surface area contributed by atoms with Gasteiger partial charge in [-0.25, -0.2) is 0 Å². The SMILES string of the molecule is O=S(=O)(O)C1(O)CCCCCC1. The van der Waals surface area contributed by atoms with Crippen molar-refractivity contribution in [3.8, 4) is 0 Å². The summed E-state index contributed by atoms with van der Waals surface area (Å²) in [6, 6.07) is 0. The van der Waals surface area contributed by atoms with E-state index >= 15 is 0 Å². The van der Waals surface area contributed by atoms with Crippen molar-refractivity contribution < 1.29 is 18.1 Å². The first kappa shape index (κ1) is 9.95. The molecule has 0 unspecified atom stereocenters. The quantitative estimate of drug-likeness (QED) is 0.480. The molecule has 2 N–H and O–H groups in total. The predicted molar refractivity (Wildman–Crippen MR) is 44.2 cm³/mol. The Bertz CT molecular complexity index is 236. The third-order valence-corrected chi connectivity index (χ3v) is 3.73. The van der Waals surface area contributed by atoms with E-state index in [1.54, 1.807) is 0 Å². The van der Waals surface area contributed by atoms with Crippen LogP contribution in [0.15, 0.2) is 0 Å². The fraction of sp³-hybridized carbons (Fsp3) is 1.00. The minimum atomic E-state index is -4.29. The van der Waals surface area contributed by atoms with Crippen LogP contribution in [0.4, 0.5) is 0 Å². The van der Waals surface area contributed by atoms with E-state index in [4.69, 9.17) is 4.55 Å². The van der Waals surface area contributed by atoms with Crippen LogP contribution in [0.1, 0.15) is 38.5 Å². The molecule has 0 bridgehead atoms. The molecule has 0 aliphatic heterocycles. The van der Waals surface area contributed by atoms with Crippen LogP contribution in [-0.4, -0.2) is 23.0 Å². The molecule has 1 rings (SSSR count). The second-order valence-electron chi connectivity index (χ2n) is 3.34. The zero-order valence-electron chi connectivity index (χ0n) is 6.86. The topological polar surface area (TPSA) is 74.6 Å². The van der Waals surface area contributed by atoms with Gasteiger partial charge in [0.2, 0.25) is 0 Å². The molecule has 1 fully saturated rings. The van der Waals surface area contributed by atoms with Crippen molar-refractivity contribution >= 4 is 10.1 Å². The molecule has 0 aromatic heterocycles. The van der Waals surface area contributed by atoms with E-state index in [0.717, 1.165) is 12.8 Å². The molecule has 1 aliphatic rings. The minimum Gasteiger partial charge on any atom is -0.372 e. The Morgan fingerprint density at radius 2 is 1.42 bits per heavy atom. The molecule has 0 aromatic carbocycles. The number of rotatable bonds is 1. The zero-order chi connectivity index (χ0) is 9.24. The minimum absolute atomic E-state index is 0.159. The van der Waals surface area contributed by atoms with E-state index in [9.17, 15) is 13.5 Å². The Balaban J connectivity index is 2.81. The van der Waals surface area contributed by atoms with Crippen molar-refractivity contribution in [3.05, 3.63) is 0 Å². The van der Waals surface area contributed by atoms with Crippen LogP contribution in [0.2, 0.25) is 0 Å². The van der Waals surface area contributed by atoms with E-state index in [2.05, 4.69) is 0 Å². The summed E-state index contributed by atoms with van der Waals surface area (Å²) >= 11 is 0. The maximum absolute atomic E-state index is 10.8. The summed E-state index contributed by atoms with van der Waals surface area (Å²) in [6.45, 7) is 0. The highest BCUT2D eigenvalue weighted by Gasteiger charge is 2.40. The second kappa shape index (κ2) is 3.32. The summed E-state index contributed by atoms with van der Waals surface area (Å²) in [7, 11) is -4.29. The lowest BCUT2D eigenvalue weighted by Crippen LogP contribution is -2.37. The van der Waals surface area contributed by atoms with Crippen molar-refractivity contribution in [2.24, 2.45) is 0 Å². The Labute approximate surface area is 72.3 Å². The first-order valence-corrected chi connectivity index (χ1v) is 5.59. The third-order valence-electron chi connectivity index (χ3n) is 2.36. The van der Waals surface area contributed by atoms with Crippen LogP contribution >= 0.6 is 0 Å². The maximum atomic E-state index is 10.8. The molecule has 0 aromatic rings. The third kappa shape index (κ3) is 1.97. The fourth-order valence-corrected chi connectivity index (χ4v) is 2.34. The van der Waals surface area contributed by atoms with Crippen molar-refractivity contribution in [2.45, 2.75) is 43.5 Å². The van der Waals surface area contributed by atoms with Gasteiger partial charge in [0.15, 0.2) is 4.93 Å². The van der Waals surface area contributed by atoms with E-state index in [0.29, 0.717) is 12.8 Å². The summed E-state index contributed by atoms with van der Waals surface area (Å²) < 4.78 is 30.3. The molecule has 0 atom stereocenters. The van der Waals surface area contributed by atoms with Crippen LogP contribution in [0, 0.1) is 0 Å². The lowest BCUT2D eigenvalue weighted by atomic mass is 10.1. The monoisotopic (exact) mass is 194 g/mol. The molecule has 12 heavy (non-hydrogen) atoms. The molecule has 0 radical (unpaired) electrons. The maximum Gasteiger partial charge on any atom is 0.294 e. The fourth-order valence-electron chi connectivity index (χ4n) is 1.54. The highest BCUT2D eigenvalue weighted by Crippen LogP contribution is 2.30. The van der Waals surface area contributed by atoms with E-state index < -0.39 is 15.1 Å². The van der Waals surface area contributed by atoms with Gasteiger partial charge in [-0.2, -0.15) is 8.42 Å². The molecule has 0 heterocycles. The Hall–Kier alpha value is -0.130. The van der Waals surface area contributed by atoms with Crippen molar-refractivity contribution in [3.63, 3.8) is 0 Å². The average molecular weight is 194 g/mol. The van der Waals surface area contributed by atoms with Gasteiger partial charge < -0.3 is 5.11 Å². The molecular formula is C7H14O4S. The molecule has 0 amide bonds. The Morgan fingerprint density at radius 1 is 1.00 bits per heavy atom. The van der Waals surface area contributed by atoms with Crippen LogP contribution in [0.3, 0.4) is 0 Å². The first-order chi connectivity index (χ1) is 5.46. The van der Waals surface area contributed by atoms with Gasteiger partial charge in [0.05, 0.1) is 0 Å². The number of aliphatic hydroxyl groups is 1. The van der Waals surface area contributed by atoms with E-state index in [-0.39, 0.29) is 12.8 Å². The van der Waals surface area contributed by atoms with Gasteiger partial charge in [-0.3, -0.25) is 4.55 Å². The van der Waals surface area contributed by atoms with Crippen LogP contribution < -0.4 is 0 Å². The van der Waals surface area contributed by atoms with Crippen LogP contribution in [0.25, 0.3) is 0 Å². The summed E-state index contributed by atoms with van der Waals surface area (Å²) in [4.78, 5) is -1.87. The largest absolute Gasteiger partial charge is 0.372 e. The second-order valence-corrected chi connectivity index (χ2v) is 5.05. The summed E-state index contributed by atoms with van der Waals surface area (Å²) in [5.41, 5.74) is 0. The van der Waals surface area contributed by atoms with Crippen molar-refractivity contribution in [1.29, 1.82) is 0 Å². The van der Waals surface area contributed by atoms with Gasteiger partial charge in [0.1, 0.15) is 0 Å². The molecule has 1 aliphatic carbocycles. The molecule has 0 saturated heterocycles. The standard InChI is InChI=1S/C7H14O4S/c8-7(12(9,10)11)5-3-1-2-4-6-7/h8H,1-6H2,(H,9,10,11). The molecule has 0 spiro atoms. The van der Waals surface area contributed by atoms with Gasteiger partial charge in [-0.1, -0.05) is 12.8 Å². The van der Waals surface area contributed by atoms with Crippen molar-refractivity contribution in [1.82, 2.24) is 0 Å². The highest BCUT2D eigenvalue weighted by atomic mass is 32.2. The lowest BCUT2D eigenvalue weighted by Gasteiger charge is -2.22. The van der Waals surface area contributed by atoms with Crippen molar-refractivity contribution in [2.75, 3.05) is 0 Å². The lowest BCUT2D eigenvalue weighted by molar-refractivity contribution is 0.0969. The zero-order valence-corrected chi connectivity index (χ0v) is 7.68. The van der Waals surface area contributed by atoms with E-state index in [1.165, 1.54) is 0 Å². The van der Waals surface area contributed by atoms with Gasteiger partial charge in [0.25, 0.3) is 10.1 Å². The Kier molecular flexibility index (Phi) is 2.75. The number of hydrogen-bond donors (Lipinski definition) is 2. The average Bonchev–Trinajstić information content (AvgIpc) is 2.12. The summed E-state index contributed by atoms with van der Waals surface area (Å²) in [5.74, 6) is 0. The van der Waals surface area contributed by atoms with Gasteiger partial charge in [-0.15, -0.1) is 0 Å². The van der Waals surface area contributed by atoms with Gasteiger partial charge >= 0.3 is 0 Å². The van der Waals surface area contributed by atoms with Gasteiger partial charge in [-0.05, 0) is 25.7 Å². The molecule has 5 heteroatoms. The summed E-state index contributed by atoms with van der Waals surface area (Å²) in [5, 5.41) is 9.55. The molecule has 72 valence electrons. The Morgan fingerprint density at radius 3 is 1.75 bits per heavy atom. The normalized spacial score (nSPS) is 24.8. The molecule has 4 nitrogen and oxygen atoms in total. The molecule has 1 saturated carbocycles. The smallest absolute Gasteiger partial charge is 0.294 e. The first-order valence-electron chi connectivity index (χ1n) is 4.15. The highest BCUT2D eigenvalue weighted by molar-refractivity contribution is 7.87. The van der Waals surface area contributed by atoms with Gasteiger partial charge in [0, 0.05) is 0 Å². The summed E-state index contributed by atoms with van der Waals surface area (Å²) in [6.07, 6.45) is 3.50. The van der Waals surface area contributed by atoms with E-state index in [1.807, 2.05) is 0 Å². The molecular weight excluding hydrogens is 180 g/mol. The predicted octanol–water partition coefficient (Wildman–Crippen LogP) is 0.917. The van der Waals surface area contributed by atoms with Crippen LogP contribution in [0.5, 0.6) is 0 Å². The number of hydrogen-bond acceptors (Lipinski definition) is 3.